The van der Waals surface area contributed by atoms with Crippen LogP contribution in [0.25, 0.3) is 0 Å². The summed E-state index contributed by atoms with van der Waals surface area (Å²) in [6.07, 6.45) is 3.17. The van der Waals surface area contributed by atoms with Gasteiger partial charge < -0.3 is 26.2 Å². The second kappa shape index (κ2) is 12.9. The number of nitrogens with zero attached hydrogens (tertiary/aromatic N) is 1. The van der Waals surface area contributed by atoms with Crippen molar-refractivity contribution in [2.45, 2.75) is 70.1 Å². The SMILES string of the molecule is CCCC[C@@H]1NC(=O)[C@@H]2CCCN2C(=O)[C@@H](NC(C)=O)CSSC[C@@H](C(=O)NC)NC1=O. The zero-order valence-electron chi connectivity index (χ0n) is 18.8. The first-order valence-corrected chi connectivity index (χ1v) is 13.4. The van der Waals surface area contributed by atoms with Crippen molar-refractivity contribution in [3.05, 3.63) is 0 Å². The molecule has 4 atom stereocenters. The van der Waals surface area contributed by atoms with E-state index in [4.69, 9.17) is 0 Å². The first kappa shape index (κ1) is 26.3. The van der Waals surface area contributed by atoms with Gasteiger partial charge in [0.25, 0.3) is 0 Å². The summed E-state index contributed by atoms with van der Waals surface area (Å²) in [6.45, 7) is 3.76. The normalized spacial score (nSPS) is 27.6. The molecule has 5 amide bonds. The van der Waals surface area contributed by atoms with Gasteiger partial charge in [-0.25, -0.2) is 0 Å². The summed E-state index contributed by atoms with van der Waals surface area (Å²) in [5.41, 5.74) is 0. The van der Waals surface area contributed by atoms with Gasteiger partial charge in [0.05, 0.1) is 0 Å². The van der Waals surface area contributed by atoms with Gasteiger partial charge in [0, 0.05) is 32.0 Å². The Kier molecular flexibility index (Phi) is 10.6. The third kappa shape index (κ3) is 7.29. The number of carbonyl (C=O) groups is 5. The van der Waals surface area contributed by atoms with Crippen LogP contribution in [0, 0.1) is 0 Å². The van der Waals surface area contributed by atoms with E-state index in [2.05, 4.69) is 21.3 Å². The lowest BCUT2D eigenvalue weighted by Crippen LogP contribution is -2.58. The Morgan fingerprint density at radius 1 is 1.12 bits per heavy atom. The fourth-order valence-corrected chi connectivity index (χ4v) is 6.05. The van der Waals surface area contributed by atoms with Crippen LogP contribution >= 0.6 is 21.6 Å². The molecule has 0 unspecified atom stereocenters. The van der Waals surface area contributed by atoms with Crippen LogP contribution in [0.3, 0.4) is 0 Å². The van der Waals surface area contributed by atoms with E-state index in [1.165, 1.54) is 40.5 Å². The lowest BCUT2D eigenvalue weighted by atomic mass is 10.1. The Balaban J connectivity index is 2.31. The number of rotatable bonds is 5. The second-order valence-electron chi connectivity index (χ2n) is 7.89. The molecule has 0 aromatic heterocycles. The van der Waals surface area contributed by atoms with Crippen LogP contribution in [0.1, 0.15) is 46.0 Å². The number of hydrogen-bond donors (Lipinski definition) is 4. The van der Waals surface area contributed by atoms with Crippen molar-refractivity contribution >= 4 is 51.1 Å². The number of fused-ring (bicyclic) bond motifs is 1. The largest absolute Gasteiger partial charge is 0.357 e. The number of likely N-dealkylation sites (N-methyl/N-ethyl adjacent to an activating group) is 1. The second-order valence-corrected chi connectivity index (χ2v) is 10.4. The van der Waals surface area contributed by atoms with Crippen molar-refractivity contribution in [3.8, 4) is 0 Å². The van der Waals surface area contributed by atoms with Gasteiger partial charge >= 0.3 is 0 Å². The zero-order chi connectivity index (χ0) is 23.7. The summed E-state index contributed by atoms with van der Waals surface area (Å²) in [6, 6.07) is -3.04. The molecule has 0 radical (unpaired) electrons. The number of unbranched alkanes of at least 4 members (excludes halogenated alkanes) is 1. The van der Waals surface area contributed by atoms with E-state index < -0.39 is 30.1 Å². The first-order chi connectivity index (χ1) is 15.3. The Morgan fingerprint density at radius 3 is 2.50 bits per heavy atom. The van der Waals surface area contributed by atoms with E-state index in [-0.39, 0.29) is 35.1 Å². The molecule has 0 spiro atoms. The lowest BCUT2D eigenvalue weighted by molar-refractivity contribution is -0.141. The standard InChI is InChI=1S/C20H33N5O5S2/c1-4-5-7-13-18(28)24-14(17(27)21-3)10-31-32-11-15(22-12(2)26)20(30)25-9-6-8-16(25)19(29)23-13/h13-16H,4-11H2,1-3H3,(H,21,27)(H,22,26)(H,23,29)(H,24,28)/t13-,14-,15-,16-/m0/s1. The average molecular weight is 488 g/mol. The van der Waals surface area contributed by atoms with Gasteiger partial charge in [0.15, 0.2) is 0 Å². The quantitative estimate of drug-likeness (QED) is 0.394. The molecule has 0 saturated carbocycles. The highest BCUT2D eigenvalue weighted by Gasteiger charge is 2.39. The summed E-state index contributed by atoms with van der Waals surface area (Å²) < 4.78 is 0. The third-order valence-corrected chi connectivity index (χ3v) is 7.85. The first-order valence-electron chi connectivity index (χ1n) is 10.9. The molecule has 2 aliphatic rings. The topological polar surface area (TPSA) is 137 Å². The molecule has 0 aromatic carbocycles. The Morgan fingerprint density at radius 2 is 1.84 bits per heavy atom. The van der Waals surface area contributed by atoms with Crippen molar-refractivity contribution in [2.75, 3.05) is 25.1 Å². The molecule has 0 aliphatic carbocycles. The molecule has 4 N–H and O–H groups in total. The summed E-state index contributed by atoms with van der Waals surface area (Å²) in [5.74, 6) is -1.21. The van der Waals surface area contributed by atoms with E-state index in [0.717, 1.165) is 12.8 Å². The van der Waals surface area contributed by atoms with Gasteiger partial charge in [-0.15, -0.1) is 0 Å². The summed E-state index contributed by atoms with van der Waals surface area (Å²) in [5, 5.41) is 10.8. The van der Waals surface area contributed by atoms with Gasteiger partial charge in [-0.2, -0.15) is 0 Å². The molecular weight excluding hydrogens is 454 g/mol. The van der Waals surface area contributed by atoms with Crippen molar-refractivity contribution < 1.29 is 24.0 Å². The highest BCUT2D eigenvalue weighted by molar-refractivity contribution is 8.76. The van der Waals surface area contributed by atoms with E-state index in [0.29, 0.717) is 25.8 Å². The molecule has 12 heteroatoms. The Labute approximate surface area is 196 Å². The monoisotopic (exact) mass is 487 g/mol. The molecule has 2 fully saturated rings. The number of carbonyl (C=O) groups excluding carboxylic acids is 5. The number of hydrogen-bond acceptors (Lipinski definition) is 7. The molecule has 0 aromatic rings. The third-order valence-electron chi connectivity index (χ3n) is 5.43. The lowest BCUT2D eigenvalue weighted by Gasteiger charge is -2.30. The summed E-state index contributed by atoms with van der Waals surface area (Å²) in [7, 11) is 4.18. The van der Waals surface area contributed by atoms with E-state index >= 15 is 0 Å². The molecule has 0 bridgehead atoms. The van der Waals surface area contributed by atoms with Gasteiger partial charge in [-0.05, 0) is 19.3 Å². The van der Waals surface area contributed by atoms with Gasteiger partial charge in [0.1, 0.15) is 24.2 Å². The van der Waals surface area contributed by atoms with Crippen LogP contribution in [0.15, 0.2) is 0 Å². The van der Waals surface area contributed by atoms with Gasteiger partial charge in [-0.3, -0.25) is 24.0 Å². The average Bonchev–Trinajstić information content (AvgIpc) is 3.25. The van der Waals surface area contributed by atoms with Crippen LogP contribution in [-0.2, 0) is 24.0 Å². The Hall–Kier alpha value is -1.95. The molecular formula is C20H33N5O5S2. The molecule has 10 nitrogen and oxygen atoms in total. The highest BCUT2D eigenvalue weighted by atomic mass is 33.1. The number of amides is 5. The zero-order valence-corrected chi connectivity index (χ0v) is 20.4. The van der Waals surface area contributed by atoms with E-state index in [1.54, 1.807) is 0 Å². The number of nitrogens with one attached hydrogen (secondary N) is 4. The predicted molar refractivity (Wildman–Crippen MR) is 125 cm³/mol. The smallest absolute Gasteiger partial charge is 0.246 e. The summed E-state index contributed by atoms with van der Waals surface area (Å²) >= 11 is 0. The minimum Gasteiger partial charge on any atom is -0.357 e. The fourth-order valence-electron chi connectivity index (χ4n) is 3.73. The van der Waals surface area contributed by atoms with Crippen LogP contribution in [0.4, 0.5) is 0 Å². The molecule has 180 valence electrons. The van der Waals surface area contributed by atoms with Crippen molar-refractivity contribution in [2.24, 2.45) is 0 Å². The van der Waals surface area contributed by atoms with Crippen LogP contribution < -0.4 is 21.3 Å². The van der Waals surface area contributed by atoms with Crippen LogP contribution in [0.5, 0.6) is 0 Å². The maximum Gasteiger partial charge on any atom is 0.246 e. The molecule has 32 heavy (non-hydrogen) atoms. The maximum absolute atomic E-state index is 13.2. The van der Waals surface area contributed by atoms with Gasteiger partial charge in [-0.1, -0.05) is 41.4 Å². The highest BCUT2D eigenvalue weighted by Crippen LogP contribution is 2.26. The predicted octanol–water partition coefficient (Wildman–Crippen LogP) is -0.217. The Bertz CT molecular complexity index is 722. The van der Waals surface area contributed by atoms with Crippen molar-refractivity contribution in [1.82, 2.24) is 26.2 Å². The van der Waals surface area contributed by atoms with Crippen LogP contribution in [0.2, 0.25) is 0 Å². The van der Waals surface area contributed by atoms with E-state index in [9.17, 15) is 24.0 Å². The molecule has 2 aliphatic heterocycles. The molecule has 2 rings (SSSR count). The van der Waals surface area contributed by atoms with E-state index in [1.807, 2.05) is 6.92 Å². The maximum atomic E-state index is 13.2. The molecule has 2 heterocycles. The minimum absolute atomic E-state index is 0.276. The molecule has 2 saturated heterocycles. The summed E-state index contributed by atoms with van der Waals surface area (Å²) in [4.78, 5) is 64.7. The van der Waals surface area contributed by atoms with Crippen molar-refractivity contribution in [1.29, 1.82) is 0 Å². The van der Waals surface area contributed by atoms with Gasteiger partial charge in [0.2, 0.25) is 29.5 Å². The van der Waals surface area contributed by atoms with Crippen LogP contribution in [-0.4, -0.2) is 83.7 Å². The van der Waals surface area contributed by atoms with Crippen molar-refractivity contribution in [3.63, 3.8) is 0 Å². The minimum atomic E-state index is -0.793. The fraction of sp³-hybridized carbons (Fsp3) is 0.750.